The molecule has 0 saturated carbocycles. The van der Waals surface area contributed by atoms with Crippen LogP contribution >= 0.6 is 0 Å². The quantitative estimate of drug-likeness (QED) is 0.782. The third kappa shape index (κ3) is 4.98. The molecule has 144 valence electrons. The molecule has 2 heterocycles. The lowest BCUT2D eigenvalue weighted by Gasteiger charge is -2.41. The van der Waals surface area contributed by atoms with Crippen molar-refractivity contribution in [1.82, 2.24) is 9.80 Å². The van der Waals surface area contributed by atoms with Crippen LogP contribution in [0.5, 0.6) is 5.75 Å². The van der Waals surface area contributed by atoms with E-state index in [0.29, 0.717) is 18.4 Å². The van der Waals surface area contributed by atoms with Gasteiger partial charge in [-0.3, -0.25) is 9.69 Å². The van der Waals surface area contributed by atoms with Crippen LogP contribution in [0.15, 0.2) is 24.3 Å². The maximum atomic E-state index is 12.6. The van der Waals surface area contributed by atoms with Crippen LogP contribution in [0.3, 0.4) is 0 Å². The largest absolute Gasteiger partial charge is 0.497 e. The van der Waals surface area contributed by atoms with Crippen LogP contribution < -0.4 is 4.74 Å². The maximum Gasteiger partial charge on any atom is 0.222 e. The van der Waals surface area contributed by atoms with Gasteiger partial charge in [-0.25, -0.2) is 0 Å². The molecule has 3 rings (SSSR count). The summed E-state index contributed by atoms with van der Waals surface area (Å²) in [5, 5.41) is 0. The molecular formula is C21H32N2O3. The van der Waals surface area contributed by atoms with Crippen LogP contribution in [0.4, 0.5) is 0 Å². The summed E-state index contributed by atoms with van der Waals surface area (Å²) < 4.78 is 10.7. The number of carbonyl (C=O) groups is 1. The predicted octanol–water partition coefficient (Wildman–Crippen LogP) is 2.59. The zero-order valence-electron chi connectivity index (χ0n) is 16.2. The first kappa shape index (κ1) is 19.2. The molecule has 0 spiro atoms. The molecule has 0 N–H and O–H groups in total. The lowest BCUT2D eigenvalue weighted by Crippen LogP contribution is -2.49. The number of hydrogen-bond acceptors (Lipinski definition) is 4. The van der Waals surface area contributed by atoms with Crippen molar-refractivity contribution in [2.24, 2.45) is 5.92 Å². The van der Waals surface area contributed by atoms with Gasteiger partial charge in [0.1, 0.15) is 5.75 Å². The van der Waals surface area contributed by atoms with Crippen molar-refractivity contribution >= 4 is 5.91 Å². The number of likely N-dealkylation sites (tertiary alicyclic amines) is 1. The van der Waals surface area contributed by atoms with Gasteiger partial charge in [-0.1, -0.05) is 12.1 Å². The Morgan fingerprint density at radius 2 is 1.96 bits per heavy atom. The number of amides is 1. The second-order valence-corrected chi connectivity index (χ2v) is 7.46. The number of ether oxygens (including phenoxy) is 2. The molecular weight excluding hydrogens is 328 g/mol. The second kappa shape index (κ2) is 9.38. The molecule has 2 aliphatic rings. The van der Waals surface area contributed by atoms with E-state index in [1.807, 2.05) is 18.2 Å². The van der Waals surface area contributed by atoms with Gasteiger partial charge in [-0.2, -0.15) is 0 Å². The van der Waals surface area contributed by atoms with Crippen molar-refractivity contribution in [2.75, 3.05) is 46.5 Å². The van der Waals surface area contributed by atoms with E-state index in [9.17, 15) is 4.79 Å². The molecule has 1 aromatic rings. The van der Waals surface area contributed by atoms with E-state index in [1.54, 1.807) is 7.11 Å². The average Bonchev–Trinajstić information content (AvgIpc) is 2.72. The minimum Gasteiger partial charge on any atom is -0.497 e. The number of carbonyl (C=O) groups excluding carboxylic acids is 1. The fourth-order valence-electron chi connectivity index (χ4n) is 4.15. The van der Waals surface area contributed by atoms with Crippen LogP contribution in [0.1, 0.15) is 31.7 Å². The van der Waals surface area contributed by atoms with Crippen LogP contribution in [0.2, 0.25) is 0 Å². The molecule has 26 heavy (non-hydrogen) atoms. The zero-order chi connectivity index (χ0) is 18.4. The number of nitrogens with zero attached hydrogens (tertiary/aromatic N) is 2. The van der Waals surface area contributed by atoms with Crippen molar-refractivity contribution < 1.29 is 14.3 Å². The standard InChI is InChI=1S/C21H32N2O3/c1-17(22-12-14-26-15-13-22)19-8-10-23(11-9-19)21(24)7-6-18-4-3-5-20(16-18)25-2/h3-5,16-17,19H,6-15H2,1-2H3/t17-/m0/s1. The summed E-state index contributed by atoms with van der Waals surface area (Å²) in [6.45, 7) is 7.93. The number of methoxy groups -OCH3 is 1. The van der Waals surface area contributed by atoms with Gasteiger partial charge in [0.05, 0.1) is 20.3 Å². The van der Waals surface area contributed by atoms with Gasteiger partial charge in [-0.15, -0.1) is 0 Å². The minimum atomic E-state index is 0.283. The first-order valence-electron chi connectivity index (χ1n) is 9.90. The molecule has 5 heteroatoms. The van der Waals surface area contributed by atoms with E-state index >= 15 is 0 Å². The Morgan fingerprint density at radius 1 is 1.23 bits per heavy atom. The molecule has 0 radical (unpaired) electrons. The van der Waals surface area contributed by atoms with E-state index < -0.39 is 0 Å². The molecule has 0 aliphatic carbocycles. The molecule has 0 bridgehead atoms. The molecule has 1 amide bonds. The van der Waals surface area contributed by atoms with Crippen LogP contribution in [0, 0.1) is 5.92 Å². The third-order valence-electron chi connectivity index (χ3n) is 5.96. The second-order valence-electron chi connectivity index (χ2n) is 7.46. The van der Waals surface area contributed by atoms with Crippen LogP contribution in [-0.4, -0.2) is 68.3 Å². The van der Waals surface area contributed by atoms with Gasteiger partial charge in [0.15, 0.2) is 0 Å². The molecule has 2 saturated heterocycles. The first-order valence-corrected chi connectivity index (χ1v) is 9.90. The highest BCUT2D eigenvalue weighted by Crippen LogP contribution is 2.25. The first-order chi connectivity index (χ1) is 12.7. The number of benzene rings is 1. The summed E-state index contributed by atoms with van der Waals surface area (Å²) in [6, 6.07) is 8.59. The molecule has 0 aromatic heterocycles. The molecule has 0 unspecified atom stereocenters. The number of rotatable bonds is 6. The molecule has 2 fully saturated rings. The Labute approximate surface area is 157 Å². The van der Waals surface area contributed by atoms with Crippen LogP contribution in [0.25, 0.3) is 0 Å². The highest BCUT2D eigenvalue weighted by atomic mass is 16.5. The van der Waals surface area contributed by atoms with E-state index in [-0.39, 0.29) is 5.91 Å². The van der Waals surface area contributed by atoms with Crippen molar-refractivity contribution in [3.8, 4) is 5.75 Å². The Hall–Kier alpha value is -1.59. The summed E-state index contributed by atoms with van der Waals surface area (Å²) >= 11 is 0. The Bertz CT molecular complexity index is 578. The van der Waals surface area contributed by atoms with Gasteiger partial charge in [0.25, 0.3) is 0 Å². The fraction of sp³-hybridized carbons (Fsp3) is 0.667. The summed E-state index contributed by atoms with van der Waals surface area (Å²) in [4.78, 5) is 17.2. The average molecular weight is 360 g/mol. The van der Waals surface area contributed by atoms with Crippen molar-refractivity contribution in [2.45, 2.75) is 38.6 Å². The smallest absolute Gasteiger partial charge is 0.222 e. The highest BCUT2D eigenvalue weighted by molar-refractivity contribution is 5.76. The lowest BCUT2D eigenvalue weighted by molar-refractivity contribution is -0.133. The topological polar surface area (TPSA) is 42.0 Å². The monoisotopic (exact) mass is 360 g/mol. The molecule has 5 nitrogen and oxygen atoms in total. The predicted molar refractivity (Wildman–Crippen MR) is 102 cm³/mol. The summed E-state index contributed by atoms with van der Waals surface area (Å²) in [5.41, 5.74) is 1.16. The third-order valence-corrected chi connectivity index (χ3v) is 5.96. The lowest BCUT2D eigenvalue weighted by atomic mass is 9.89. The number of morpholine rings is 1. The number of aryl methyl sites for hydroxylation is 1. The Morgan fingerprint density at radius 3 is 2.65 bits per heavy atom. The van der Waals surface area contributed by atoms with Gasteiger partial charge < -0.3 is 14.4 Å². The summed E-state index contributed by atoms with van der Waals surface area (Å²) in [5.74, 6) is 1.83. The SMILES string of the molecule is COc1cccc(CCC(=O)N2CCC([C@H](C)N3CCOCC3)CC2)c1. The molecule has 1 aromatic carbocycles. The Balaban J connectivity index is 1.42. The number of hydrogen-bond donors (Lipinski definition) is 0. The van der Waals surface area contributed by atoms with Gasteiger partial charge in [0.2, 0.25) is 5.91 Å². The van der Waals surface area contributed by atoms with E-state index in [4.69, 9.17) is 9.47 Å². The highest BCUT2D eigenvalue weighted by Gasteiger charge is 2.29. The molecule has 1 atom stereocenters. The Kier molecular flexibility index (Phi) is 6.92. The van der Waals surface area contributed by atoms with Crippen molar-refractivity contribution in [3.05, 3.63) is 29.8 Å². The van der Waals surface area contributed by atoms with Gasteiger partial charge >= 0.3 is 0 Å². The van der Waals surface area contributed by atoms with Crippen LogP contribution in [-0.2, 0) is 16.0 Å². The van der Waals surface area contributed by atoms with E-state index in [0.717, 1.165) is 70.0 Å². The fourth-order valence-corrected chi connectivity index (χ4v) is 4.15. The normalized spacial score (nSPS) is 20.8. The molecule has 2 aliphatic heterocycles. The number of piperidine rings is 1. The summed E-state index contributed by atoms with van der Waals surface area (Å²) in [6.07, 6.45) is 3.59. The summed E-state index contributed by atoms with van der Waals surface area (Å²) in [7, 11) is 1.67. The van der Waals surface area contributed by atoms with Gasteiger partial charge in [0, 0.05) is 38.6 Å². The van der Waals surface area contributed by atoms with Crippen molar-refractivity contribution in [3.63, 3.8) is 0 Å². The van der Waals surface area contributed by atoms with Crippen molar-refractivity contribution in [1.29, 1.82) is 0 Å². The van der Waals surface area contributed by atoms with E-state index in [2.05, 4.69) is 22.8 Å². The minimum absolute atomic E-state index is 0.283. The maximum absolute atomic E-state index is 12.6. The van der Waals surface area contributed by atoms with E-state index in [1.165, 1.54) is 0 Å². The zero-order valence-corrected chi connectivity index (χ0v) is 16.2. The van der Waals surface area contributed by atoms with Gasteiger partial charge in [-0.05, 0) is 49.8 Å².